The Morgan fingerprint density at radius 3 is 2.77 bits per heavy atom. The largest absolute Gasteiger partial charge is 0.385 e. The highest BCUT2D eigenvalue weighted by molar-refractivity contribution is 5.76. The minimum absolute atomic E-state index is 0.143. The third kappa shape index (κ3) is 5.48. The van der Waals surface area contributed by atoms with E-state index in [0.717, 1.165) is 37.3 Å². The van der Waals surface area contributed by atoms with Crippen LogP contribution in [0.5, 0.6) is 0 Å². The maximum atomic E-state index is 13.4. The van der Waals surface area contributed by atoms with Gasteiger partial charge in [0.05, 0.1) is 6.20 Å². The minimum Gasteiger partial charge on any atom is -0.385 e. The van der Waals surface area contributed by atoms with Gasteiger partial charge in [-0.2, -0.15) is 5.10 Å². The summed E-state index contributed by atoms with van der Waals surface area (Å²) in [5.41, 5.74) is 3.43. The normalized spacial score (nSPS) is 22.1. The van der Waals surface area contributed by atoms with Gasteiger partial charge in [0.1, 0.15) is 6.54 Å². The number of carbonyl (C=O) groups excluding carboxylic acids is 1. The van der Waals surface area contributed by atoms with E-state index in [0.29, 0.717) is 31.1 Å². The topological polar surface area (TPSA) is 53.4 Å². The van der Waals surface area contributed by atoms with Gasteiger partial charge in [0.25, 0.3) is 0 Å². The Bertz CT molecular complexity index is 876. The van der Waals surface area contributed by atoms with Gasteiger partial charge in [-0.3, -0.25) is 14.4 Å². The Morgan fingerprint density at radius 1 is 1.19 bits per heavy atom. The average molecular weight is 424 g/mol. The van der Waals surface area contributed by atoms with Crippen molar-refractivity contribution in [2.45, 2.75) is 71.6 Å². The molecule has 2 atom stereocenters. The van der Waals surface area contributed by atoms with E-state index in [2.05, 4.69) is 58.3 Å². The minimum atomic E-state index is 0.143. The molecule has 1 saturated heterocycles. The van der Waals surface area contributed by atoms with Gasteiger partial charge >= 0.3 is 0 Å². The fourth-order valence-electron chi connectivity index (χ4n) is 5.00. The molecule has 6 nitrogen and oxygen atoms in total. The van der Waals surface area contributed by atoms with Crippen LogP contribution in [0, 0.1) is 12.8 Å². The van der Waals surface area contributed by atoms with Crippen LogP contribution in [0.3, 0.4) is 0 Å². The average Bonchev–Trinajstić information content (AvgIpc) is 3.31. The Balaban J connectivity index is 1.58. The summed E-state index contributed by atoms with van der Waals surface area (Å²) >= 11 is 0. The van der Waals surface area contributed by atoms with E-state index in [1.807, 2.05) is 19.3 Å². The summed E-state index contributed by atoms with van der Waals surface area (Å²) in [6, 6.07) is 9.48. The van der Waals surface area contributed by atoms with Crippen LogP contribution in [0.2, 0.25) is 0 Å². The molecular formula is C25H37N5O. The van der Waals surface area contributed by atoms with Gasteiger partial charge in [-0.1, -0.05) is 32.0 Å². The molecule has 1 aromatic heterocycles. The lowest BCUT2D eigenvalue weighted by Gasteiger charge is -2.34. The molecule has 4 rings (SSSR count). The third-order valence-corrected chi connectivity index (χ3v) is 6.75. The zero-order valence-corrected chi connectivity index (χ0v) is 19.3. The molecule has 1 N–H and O–H groups in total. The van der Waals surface area contributed by atoms with Gasteiger partial charge < -0.3 is 10.2 Å². The first-order valence-electron chi connectivity index (χ1n) is 11.8. The van der Waals surface area contributed by atoms with Gasteiger partial charge in [0.2, 0.25) is 5.91 Å². The SMILES string of the molecule is Cc1cnn(CC(=O)N2Cc3ccccc3NCC[C@H]3CC[C@@H](C2)N3CCC(C)C)c1. The van der Waals surface area contributed by atoms with E-state index in [4.69, 9.17) is 0 Å². The Morgan fingerprint density at radius 2 is 2.00 bits per heavy atom. The molecule has 0 spiro atoms. The summed E-state index contributed by atoms with van der Waals surface area (Å²) in [7, 11) is 0. The molecule has 0 aliphatic carbocycles. The van der Waals surface area contributed by atoms with Crippen LogP contribution in [0.1, 0.15) is 50.7 Å². The lowest BCUT2D eigenvalue weighted by atomic mass is 10.1. The fourth-order valence-corrected chi connectivity index (χ4v) is 5.00. The maximum Gasteiger partial charge on any atom is 0.244 e. The molecule has 31 heavy (non-hydrogen) atoms. The number of amides is 1. The number of anilines is 1. The molecule has 1 amide bonds. The molecule has 3 heterocycles. The zero-order valence-electron chi connectivity index (χ0n) is 19.3. The number of carbonyl (C=O) groups is 1. The second-order valence-electron chi connectivity index (χ2n) is 9.67. The fraction of sp³-hybridized carbons (Fsp3) is 0.600. The zero-order chi connectivity index (χ0) is 21.8. The van der Waals surface area contributed by atoms with Crippen LogP contribution < -0.4 is 5.32 Å². The highest BCUT2D eigenvalue weighted by Crippen LogP contribution is 2.30. The van der Waals surface area contributed by atoms with Crippen LogP contribution >= 0.6 is 0 Å². The lowest BCUT2D eigenvalue weighted by Crippen LogP contribution is -2.46. The van der Waals surface area contributed by atoms with Gasteiger partial charge in [-0.15, -0.1) is 0 Å². The third-order valence-electron chi connectivity index (χ3n) is 6.75. The lowest BCUT2D eigenvalue weighted by molar-refractivity contribution is -0.133. The number of rotatable bonds is 5. The highest BCUT2D eigenvalue weighted by atomic mass is 16.2. The Hall–Kier alpha value is -2.34. The predicted molar refractivity (Wildman–Crippen MR) is 125 cm³/mol. The smallest absolute Gasteiger partial charge is 0.244 e. The molecule has 2 aliphatic rings. The number of aromatic nitrogens is 2. The first kappa shape index (κ1) is 21.9. The van der Waals surface area contributed by atoms with E-state index >= 15 is 0 Å². The number of hydrogen-bond acceptors (Lipinski definition) is 4. The molecule has 168 valence electrons. The number of aryl methyl sites for hydroxylation is 1. The summed E-state index contributed by atoms with van der Waals surface area (Å²) in [6.45, 7) is 10.4. The number of nitrogens with zero attached hydrogens (tertiary/aromatic N) is 4. The van der Waals surface area contributed by atoms with Crippen LogP contribution in [-0.4, -0.2) is 57.2 Å². The first-order valence-corrected chi connectivity index (χ1v) is 11.8. The molecule has 0 radical (unpaired) electrons. The number of para-hydroxylation sites is 1. The van der Waals surface area contributed by atoms with Gasteiger partial charge in [-0.05, 0) is 62.3 Å². The molecule has 2 bridgehead atoms. The van der Waals surface area contributed by atoms with Crippen molar-refractivity contribution in [2.75, 3.05) is 25.0 Å². The van der Waals surface area contributed by atoms with Crippen molar-refractivity contribution in [3.63, 3.8) is 0 Å². The van der Waals surface area contributed by atoms with E-state index in [9.17, 15) is 4.79 Å². The molecular weight excluding hydrogens is 386 g/mol. The summed E-state index contributed by atoms with van der Waals surface area (Å²) in [5, 5.41) is 8.00. The molecule has 1 fully saturated rings. The molecule has 2 aliphatic heterocycles. The van der Waals surface area contributed by atoms with E-state index in [-0.39, 0.29) is 5.91 Å². The second-order valence-corrected chi connectivity index (χ2v) is 9.67. The quantitative estimate of drug-likeness (QED) is 0.792. The van der Waals surface area contributed by atoms with Crippen molar-refractivity contribution in [2.24, 2.45) is 5.92 Å². The van der Waals surface area contributed by atoms with Gasteiger partial charge in [0.15, 0.2) is 0 Å². The highest BCUT2D eigenvalue weighted by Gasteiger charge is 2.35. The first-order chi connectivity index (χ1) is 15.0. The second kappa shape index (κ2) is 9.86. The van der Waals surface area contributed by atoms with Crippen molar-refractivity contribution in [3.8, 4) is 0 Å². The van der Waals surface area contributed by atoms with Gasteiger partial charge in [0, 0.05) is 43.6 Å². The Labute approximate surface area is 186 Å². The molecule has 0 unspecified atom stereocenters. The van der Waals surface area contributed by atoms with E-state index < -0.39 is 0 Å². The van der Waals surface area contributed by atoms with E-state index in [1.54, 1.807) is 4.68 Å². The van der Waals surface area contributed by atoms with Crippen LogP contribution in [0.25, 0.3) is 0 Å². The van der Waals surface area contributed by atoms with Crippen LogP contribution in [0.15, 0.2) is 36.7 Å². The summed E-state index contributed by atoms with van der Waals surface area (Å²) in [5.74, 6) is 0.838. The molecule has 2 aromatic rings. The summed E-state index contributed by atoms with van der Waals surface area (Å²) in [6.07, 6.45) is 8.53. The van der Waals surface area contributed by atoms with Crippen molar-refractivity contribution < 1.29 is 4.79 Å². The molecule has 1 aromatic carbocycles. The van der Waals surface area contributed by atoms with Crippen molar-refractivity contribution >= 4 is 11.6 Å². The number of nitrogens with one attached hydrogen (secondary N) is 1. The molecule has 0 saturated carbocycles. The predicted octanol–water partition coefficient (Wildman–Crippen LogP) is 3.92. The van der Waals surface area contributed by atoms with Crippen LogP contribution in [0.4, 0.5) is 5.69 Å². The van der Waals surface area contributed by atoms with E-state index in [1.165, 1.54) is 24.8 Å². The number of fused-ring (bicyclic) bond motifs is 3. The standard InChI is InChI=1S/C25H37N5O/c1-19(2)11-13-30-22-8-9-23(30)17-28(25(31)18-29-15-20(3)14-27-29)16-21-6-4-5-7-24(21)26-12-10-22/h4-7,14-15,19,22-23,26H,8-13,16-18H2,1-3H3/t22-,23+/m1/s1. The number of hydrogen-bond donors (Lipinski definition) is 1. The van der Waals surface area contributed by atoms with Crippen molar-refractivity contribution in [1.29, 1.82) is 0 Å². The monoisotopic (exact) mass is 423 g/mol. The number of benzene rings is 1. The summed E-state index contributed by atoms with van der Waals surface area (Å²) < 4.78 is 1.76. The maximum absolute atomic E-state index is 13.4. The van der Waals surface area contributed by atoms with Crippen molar-refractivity contribution in [1.82, 2.24) is 19.6 Å². The van der Waals surface area contributed by atoms with Crippen molar-refractivity contribution in [3.05, 3.63) is 47.8 Å². The van der Waals surface area contributed by atoms with Gasteiger partial charge in [-0.25, -0.2) is 0 Å². The Kier molecular flexibility index (Phi) is 6.96. The summed E-state index contributed by atoms with van der Waals surface area (Å²) in [4.78, 5) is 18.2. The van der Waals surface area contributed by atoms with Crippen LogP contribution in [-0.2, 0) is 17.9 Å². The molecule has 6 heteroatoms.